The van der Waals surface area contributed by atoms with Crippen molar-refractivity contribution in [3.8, 4) is 0 Å². The van der Waals surface area contributed by atoms with Crippen LogP contribution in [0.3, 0.4) is 0 Å². The molecule has 100 valence electrons. The fourth-order valence-corrected chi connectivity index (χ4v) is 2.31. The van der Waals surface area contributed by atoms with Crippen LogP contribution in [0.1, 0.15) is 25.7 Å². The first-order valence-corrected chi connectivity index (χ1v) is 6.50. The zero-order valence-corrected chi connectivity index (χ0v) is 10.5. The van der Waals surface area contributed by atoms with Crippen molar-refractivity contribution >= 4 is 17.7 Å². The van der Waals surface area contributed by atoms with E-state index in [-0.39, 0.29) is 24.3 Å². The number of likely N-dealkylation sites (tertiary alicyclic amines) is 1. The molecule has 6 nitrogen and oxygen atoms in total. The Morgan fingerprint density at radius 2 is 1.78 bits per heavy atom. The number of rotatable bonds is 2. The summed E-state index contributed by atoms with van der Waals surface area (Å²) < 4.78 is 0. The van der Waals surface area contributed by atoms with Gasteiger partial charge in [-0.05, 0) is 19.4 Å². The van der Waals surface area contributed by atoms with Crippen LogP contribution in [-0.4, -0.2) is 60.2 Å². The van der Waals surface area contributed by atoms with Gasteiger partial charge >= 0.3 is 0 Å². The van der Waals surface area contributed by atoms with Gasteiger partial charge in [-0.2, -0.15) is 0 Å². The summed E-state index contributed by atoms with van der Waals surface area (Å²) in [4.78, 5) is 38.1. The van der Waals surface area contributed by atoms with Gasteiger partial charge in [0.25, 0.3) is 0 Å². The zero-order valence-electron chi connectivity index (χ0n) is 10.5. The molecule has 0 atom stereocenters. The third-order valence-corrected chi connectivity index (χ3v) is 3.37. The van der Waals surface area contributed by atoms with E-state index in [0.717, 1.165) is 24.4 Å². The van der Waals surface area contributed by atoms with Crippen LogP contribution in [0, 0.1) is 0 Å². The third kappa shape index (κ3) is 3.07. The highest BCUT2D eigenvalue weighted by molar-refractivity contribution is 6.00. The first-order chi connectivity index (χ1) is 8.68. The minimum atomic E-state index is -0.215. The number of nitrogens with zero attached hydrogens (tertiary/aromatic N) is 2. The Labute approximate surface area is 106 Å². The molecule has 0 bridgehead atoms. The van der Waals surface area contributed by atoms with Gasteiger partial charge in [0, 0.05) is 32.5 Å². The van der Waals surface area contributed by atoms with E-state index >= 15 is 0 Å². The van der Waals surface area contributed by atoms with Crippen LogP contribution in [0.15, 0.2) is 0 Å². The van der Waals surface area contributed by atoms with Gasteiger partial charge in [-0.15, -0.1) is 0 Å². The number of amides is 3. The minimum absolute atomic E-state index is 0.0856. The number of nitrogens with one attached hydrogen (secondary N) is 1. The molecular weight excluding hydrogens is 234 g/mol. The van der Waals surface area contributed by atoms with Crippen LogP contribution in [-0.2, 0) is 14.4 Å². The number of carbonyl (C=O) groups is 3. The van der Waals surface area contributed by atoms with Gasteiger partial charge in [-0.3, -0.25) is 19.3 Å². The van der Waals surface area contributed by atoms with Gasteiger partial charge in [-0.1, -0.05) is 0 Å². The topological polar surface area (TPSA) is 69.7 Å². The largest absolute Gasteiger partial charge is 0.340 e. The van der Waals surface area contributed by atoms with E-state index in [1.807, 2.05) is 0 Å². The maximum absolute atomic E-state index is 12.1. The summed E-state index contributed by atoms with van der Waals surface area (Å²) in [7, 11) is 0. The van der Waals surface area contributed by atoms with E-state index in [4.69, 9.17) is 0 Å². The van der Waals surface area contributed by atoms with Crippen molar-refractivity contribution < 1.29 is 14.4 Å². The SMILES string of the molecule is O=C(CN1C(=O)CCCC1=O)N1CCCNCC1. The van der Waals surface area contributed by atoms with Gasteiger partial charge in [0.15, 0.2) is 0 Å². The molecule has 0 aromatic carbocycles. The molecule has 0 aliphatic carbocycles. The molecular formula is C12H19N3O3. The summed E-state index contributed by atoms with van der Waals surface area (Å²) in [6.45, 7) is 2.94. The maximum Gasteiger partial charge on any atom is 0.242 e. The highest BCUT2D eigenvalue weighted by Gasteiger charge is 2.29. The monoisotopic (exact) mass is 253 g/mol. The Bertz CT molecular complexity index is 332. The number of piperidine rings is 1. The molecule has 2 saturated heterocycles. The molecule has 18 heavy (non-hydrogen) atoms. The fraction of sp³-hybridized carbons (Fsp3) is 0.750. The number of carbonyl (C=O) groups excluding carboxylic acids is 3. The normalized spacial score (nSPS) is 22.0. The molecule has 0 radical (unpaired) electrons. The van der Waals surface area contributed by atoms with Crippen LogP contribution in [0.4, 0.5) is 0 Å². The van der Waals surface area contributed by atoms with Crippen LogP contribution >= 0.6 is 0 Å². The minimum Gasteiger partial charge on any atom is -0.340 e. The Morgan fingerprint density at radius 1 is 1.06 bits per heavy atom. The van der Waals surface area contributed by atoms with Gasteiger partial charge in [0.2, 0.25) is 17.7 Å². The maximum atomic E-state index is 12.1. The lowest BCUT2D eigenvalue weighted by molar-refractivity contribution is -0.152. The number of imide groups is 1. The summed E-state index contributed by atoms with van der Waals surface area (Å²) in [5, 5.41) is 3.21. The molecule has 2 rings (SSSR count). The number of hydrogen-bond donors (Lipinski definition) is 1. The molecule has 1 N–H and O–H groups in total. The first kappa shape index (κ1) is 13.0. The first-order valence-electron chi connectivity index (χ1n) is 6.50. The molecule has 0 aromatic heterocycles. The Hall–Kier alpha value is -1.43. The molecule has 6 heteroatoms. The lowest BCUT2D eigenvalue weighted by Gasteiger charge is -2.27. The van der Waals surface area contributed by atoms with Crippen molar-refractivity contribution in [2.45, 2.75) is 25.7 Å². The predicted octanol–water partition coefficient (Wildman–Crippen LogP) is -0.653. The summed E-state index contributed by atoms with van der Waals surface area (Å²) in [5.41, 5.74) is 0. The molecule has 2 aliphatic rings. The van der Waals surface area contributed by atoms with E-state index in [1.54, 1.807) is 4.90 Å². The van der Waals surface area contributed by atoms with Gasteiger partial charge in [0.1, 0.15) is 6.54 Å². The lowest BCUT2D eigenvalue weighted by Crippen LogP contribution is -2.48. The van der Waals surface area contributed by atoms with Crippen LogP contribution in [0.2, 0.25) is 0 Å². The molecule has 0 unspecified atom stereocenters. The highest BCUT2D eigenvalue weighted by atomic mass is 16.2. The van der Waals surface area contributed by atoms with E-state index in [1.165, 1.54) is 0 Å². The summed E-state index contributed by atoms with van der Waals surface area (Å²) in [5.74, 6) is -0.553. The molecule has 0 spiro atoms. The van der Waals surface area contributed by atoms with E-state index in [2.05, 4.69) is 5.32 Å². The Kier molecular flexibility index (Phi) is 4.30. The van der Waals surface area contributed by atoms with Crippen molar-refractivity contribution in [1.29, 1.82) is 0 Å². The lowest BCUT2D eigenvalue weighted by atomic mass is 10.1. The Balaban J connectivity index is 1.92. The van der Waals surface area contributed by atoms with Gasteiger partial charge in [-0.25, -0.2) is 0 Å². The van der Waals surface area contributed by atoms with E-state index in [0.29, 0.717) is 32.4 Å². The van der Waals surface area contributed by atoms with Crippen LogP contribution < -0.4 is 5.32 Å². The third-order valence-electron chi connectivity index (χ3n) is 3.37. The summed E-state index contributed by atoms with van der Waals surface area (Å²) >= 11 is 0. The second kappa shape index (κ2) is 5.95. The summed E-state index contributed by atoms with van der Waals surface area (Å²) in [6, 6.07) is 0. The van der Waals surface area contributed by atoms with Crippen molar-refractivity contribution in [3.63, 3.8) is 0 Å². The van der Waals surface area contributed by atoms with Crippen molar-refractivity contribution in [2.24, 2.45) is 0 Å². The summed E-state index contributed by atoms with van der Waals surface area (Å²) in [6.07, 6.45) is 2.27. The Morgan fingerprint density at radius 3 is 2.50 bits per heavy atom. The quantitative estimate of drug-likeness (QED) is 0.664. The van der Waals surface area contributed by atoms with Gasteiger partial charge < -0.3 is 10.2 Å². The molecule has 0 saturated carbocycles. The smallest absolute Gasteiger partial charge is 0.242 e. The van der Waals surface area contributed by atoms with Crippen molar-refractivity contribution in [3.05, 3.63) is 0 Å². The molecule has 2 fully saturated rings. The van der Waals surface area contributed by atoms with Gasteiger partial charge in [0.05, 0.1) is 0 Å². The molecule has 2 heterocycles. The average molecular weight is 253 g/mol. The fourth-order valence-electron chi connectivity index (χ4n) is 2.31. The highest BCUT2D eigenvalue weighted by Crippen LogP contribution is 2.12. The molecule has 0 aromatic rings. The predicted molar refractivity (Wildman–Crippen MR) is 64.6 cm³/mol. The molecule has 3 amide bonds. The number of hydrogen-bond acceptors (Lipinski definition) is 4. The van der Waals surface area contributed by atoms with E-state index in [9.17, 15) is 14.4 Å². The van der Waals surface area contributed by atoms with Crippen molar-refractivity contribution in [2.75, 3.05) is 32.7 Å². The average Bonchev–Trinajstić information content (AvgIpc) is 2.62. The van der Waals surface area contributed by atoms with Crippen LogP contribution in [0.25, 0.3) is 0 Å². The second-order valence-corrected chi connectivity index (χ2v) is 4.71. The van der Waals surface area contributed by atoms with E-state index < -0.39 is 0 Å². The standard InChI is InChI=1S/C12H19N3O3/c16-10-3-1-4-11(17)15(10)9-12(18)14-7-2-5-13-6-8-14/h13H,1-9H2. The van der Waals surface area contributed by atoms with Crippen molar-refractivity contribution in [1.82, 2.24) is 15.1 Å². The second-order valence-electron chi connectivity index (χ2n) is 4.71. The molecule has 2 aliphatic heterocycles. The zero-order chi connectivity index (χ0) is 13.0. The van der Waals surface area contributed by atoms with Crippen LogP contribution in [0.5, 0.6) is 0 Å².